The Labute approximate surface area is 116 Å². The molecular formula is C12H14Cl2N2O2. The first kappa shape index (κ1) is 13.5. The lowest BCUT2D eigenvalue weighted by atomic mass is 10.1. The van der Waals surface area contributed by atoms with Crippen molar-refractivity contribution in [2.75, 3.05) is 32.0 Å². The monoisotopic (exact) mass is 288 g/mol. The molecule has 1 saturated heterocycles. The molecule has 1 aromatic carbocycles. The zero-order valence-corrected chi connectivity index (χ0v) is 11.3. The number of anilines is 1. The normalized spacial score (nSPS) is 16.4. The predicted molar refractivity (Wildman–Crippen MR) is 72.2 cm³/mol. The molecule has 1 aromatic rings. The Morgan fingerprint density at radius 1 is 1.28 bits per heavy atom. The number of ether oxygens (including phenoxy) is 1. The number of nitrogens with two attached hydrogens (primary N) is 1. The molecule has 1 aliphatic rings. The van der Waals surface area contributed by atoms with Crippen LogP contribution >= 0.6 is 23.2 Å². The molecule has 0 spiro atoms. The van der Waals surface area contributed by atoms with E-state index in [1.165, 1.54) is 6.07 Å². The molecule has 18 heavy (non-hydrogen) atoms. The average molecular weight is 289 g/mol. The van der Waals surface area contributed by atoms with Gasteiger partial charge in [0.15, 0.2) is 0 Å². The number of hydrogen-bond acceptors (Lipinski definition) is 3. The van der Waals surface area contributed by atoms with E-state index in [-0.39, 0.29) is 10.9 Å². The van der Waals surface area contributed by atoms with E-state index >= 15 is 0 Å². The molecule has 0 unspecified atom stereocenters. The molecule has 2 rings (SSSR count). The van der Waals surface area contributed by atoms with Crippen LogP contribution in [-0.4, -0.2) is 37.1 Å². The fraction of sp³-hybridized carbons (Fsp3) is 0.417. The van der Waals surface area contributed by atoms with E-state index in [1.54, 1.807) is 11.0 Å². The van der Waals surface area contributed by atoms with Crippen LogP contribution in [0.1, 0.15) is 16.8 Å². The van der Waals surface area contributed by atoms with Crippen molar-refractivity contribution in [1.82, 2.24) is 4.90 Å². The van der Waals surface area contributed by atoms with Gasteiger partial charge >= 0.3 is 0 Å². The van der Waals surface area contributed by atoms with Gasteiger partial charge in [-0.25, -0.2) is 0 Å². The summed E-state index contributed by atoms with van der Waals surface area (Å²) < 4.78 is 5.31. The molecule has 0 saturated carbocycles. The number of rotatable bonds is 1. The van der Waals surface area contributed by atoms with E-state index in [9.17, 15) is 4.79 Å². The van der Waals surface area contributed by atoms with Gasteiger partial charge in [0.05, 0.1) is 22.2 Å². The standard InChI is InChI=1S/C12H14Cl2N2O2/c13-10-7-8(15)6-9(11(10)14)12(17)16-2-1-4-18-5-3-16/h6-7H,1-5,15H2. The van der Waals surface area contributed by atoms with Crippen LogP contribution in [0.3, 0.4) is 0 Å². The fourth-order valence-electron chi connectivity index (χ4n) is 1.89. The van der Waals surface area contributed by atoms with Gasteiger partial charge < -0.3 is 15.4 Å². The summed E-state index contributed by atoms with van der Waals surface area (Å²) in [6, 6.07) is 3.09. The van der Waals surface area contributed by atoms with Crippen molar-refractivity contribution >= 4 is 34.8 Å². The van der Waals surface area contributed by atoms with Crippen molar-refractivity contribution in [1.29, 1.82) is 0 Å². The summed E-state index contributed by atoms with van der Waals surface area (Å²) in [5, 5.41) is 0.548. The van der Waals surface area contributed by atoms with E-state index in [0.717, 1.165) is 6.42 Å². The summed E-state index contributed by atoms with van der Waals surface area (Å²) in [7, 11) is 0. The van der Waals surface area contributed by atoms with Crippen LogP contribution in [0.4, 0.5) is 5.69 Å². The van der Waals surface area contributed by atoms with Gasteiger partial charge in [0.1, 0.15) is 0 Å². The highest BCUT2D eigenvalue weighted by molar-refractivity contribution is 6.44. The van der Waals surface area contributed by atoms with Crippen LogP contribution < -0.4 is 5.73 Å². The minimum atomic E-state index is -0.153. The Morgan fingerprint density at radius 3 is 2.83 bits per heavy atom. The molecule has 2 N–H and O–H groups in total. The van der Waals surface area contributed by atoms with Crippen molar-refractivity contribution in [3.63, 3.8) is 0 Å². The number of carbonyl (C=O) groups excluding carboxylic acids is 1. The lowest BCUT2D eigenvalue weighted by Gasteiger charge is -2.20. The largest absolute Gasteiger partial charge is 0.399 e. The average Bonchev–Trinajstić information content (AvgIpc) is 2.61. The molecule has 1 aliphatic heterocycles. The van der Waals surface area contributed by atoms with Crippen molar-refractivity contribution < 1.29 is 9.53 Å². The van der Waals surface area contributed by atoms with Crippen LogP contribution in [0.25, 0.3) is 0 Å². The molecule has 6 heteroatoms. The molecule has 0 bridgehead atoms. The second-order valence-electron chi connectivity index (χ2n) is 4.12. The van der Waals surface area contributed by atoms with E-state index in [0.29, 0.717) is 42.6 Å². The maximum absolute atomic E-state index is 12.3. The van der Waals surface area contributed by atoms with Crippen molar-refractivity contribution in [3.05, 3.63) is 27.7 Å². The Bertz CT molecular complexity index is 458. The number of halogens is 2. The van der Waals surface area contributed by atoms with E-state index in [4.69, 9.17) is 33.7 Å². The summed E-state index contributed by atoms with van der Waals surface area (Å²) in [6.07, 6.45) is 0.819. The second-order valence-corrected chi connectivity index (χ2v) is 4.91. The summed E-state index contributed by atoms with van der Waals surface area (Å²) in [4.78, 5) is 14.1. The lowest BCUT2D eigenvalue weighted by Crippen LogP contribution is -2.33. The Morgan fingerprint density at radius 2 is 2.06 bits per heavy atom. The summed E-state index contributed by atoms with van der Waals surface area (Å²) >= 11 is 12.0. The molecular weight excluding hydrogens is 275 g/mol. The third-order valence-electron chi connectivity index (χ3n) is 2.79. The summed E-state index contributed by atoms with van der Waals surface area (Å²) in [5.74, 6) is -0.153. The van der Waals surface area contributed by atoms with Crippen LogP contribution in [0.5, 0.6) is 0 Å². The first-order chi connectivity index (χ1) is 8.59. The molecule has 1 fully saturated rings. The van der Waals surface area contributed by atoms with Gasteiger partial charge in [-0.2, -0.15) is 0 Å². The molecule has 0 atom stereocenters. The first-order valence-corrected chi connectivity index (χ1v) is 6.46. The lowest BCUT2D eigenvalue weighted by molar-refractivity contribution is 0.0741. The highest BCUT2D eigenvalue weighted by Crippen LogP contribution is 2.29. The van der Waals surface area contributed by atoms with E-state index in [1.807, 2.05) is 0 Å². The molecule has 0 aromatic heterocycles. The SMILES string of the molecule is Nc1cc(Cl)c(Cl)c(C(=O)N2CCCOCC2)c1. The molecule has 4 nitrogen and oxygen atoms in total. The number of carbonyl (C=O) groups is 1. The van der Waals surface area contributed by atoms with Crippen molar-refractivity contribution in [2.45, 2.75) is 6.42 Å². The number of benzene rings is 1. The molecule has 0 aliphatic carbocycles. The Kier molecular flexibility index (Phi) is 4.32. The minimum Gasteiger partial charge on any atom is -0.399 e. The number of nitrogen functional groups attached to an aromatic ring is 1. The van der Waals surface area contributed by atoms with Gasteiger partial charge in [-0.3, -0.25) is 4.79 Å². The topological polar surface area (TPSA) is 55.6 Å². The molecule has 1 heterocycles. The molecule has 0 radical (unpaired) electrons. The van der Waals surface area contributed by atoms with Gasteiger partial charge in [-0.15, -0.1) is 0 Å². The van der Waals surface area contributed by atoms with Crippen LogP contribution in [0, 0.1) is 0 Å². The van der Waals surface area contributed by atoms with Crippen molar-refractivity contribution in [2.24, 2.45) is 0 Å². The first-order valence-electron chi connectivity index (χ1n) is 5.71. The van der Waals surface area contributed by atoms with Gasteiger partial charge in [-0.1, -0.05) is 23.2 Å². The van der Waals surface area contributed by atoms with Gasteiger partial charge in [0, 0.05) is 25.4 Å². The Balaban J connectivity index is 2.27. The minimum absolute atomic E-state index is 0.153. The zero-order chi connectivity index (χ0) is 13.1. The van der Waals surface area contributed by atoms with Crippen molar-refractivity contribution in [3.8, 4) is 0 Å². The van der Waals surface area contributed by atoms with Gasteiger partial charge in [-0.05, 0) is 18.6 Å². The summed E-state index contributed by atoms with van der Waals surface area (Å²) in [6.45, 7) is 2.43. The van der Waals surface area contributed by atoms with E-state index < -0.39 is 0 Å². The Hall–Kier alpha value is -0.970. The van der Waals surface area contributed by atoms with E-state index in [2.05, 4.69) is 0 Å². The fourth-order valence-corrected chi connectivity index (χ4v) is 2.30. The number of nitrogens with zero attached hydrogens (tertiary/aromatic N) is 1. The number of amides is 1. The van der Waals surface area contributed by atoms with Gasteiger partial charge in [0.2, 0.25) is 0 Å². The zero-order valence-electron chi connectivity index (χ0n) is 9.79. The maximum Gasteiger partial charge on any atom is 0.255 e. The smallest absolute Gasteiger partial charge is 0.255 e. The maximum atomic E-state index is 12.3. The highest BCUT2D eigenvalue weighted by Gasteiger charge is 2.21. The third kappa shape index (κ3) is 2.88. The second kappa shape index (κ2) is 5.78. The molecule has 98 valence electrons. The van der Waals surface area contributed by atoms with Crippen LogP contribution in [-0.2, 0) is 4.74 Å². The number of hydrogen-bond donors (Lipinski definition) is 1. The summed E-state index contributed by atoms with van der Waals surface area (Å²) in [5.41, 5.74) is 6.47. The predicted octanol–water partition coefficient (Wildman–Crippen LogP) is 2.44. The van der Waals surface area contributed by atoms with Crippen LogP contribution in [0.2, 0.25) is 10.0 Å². The third-order valence-corrected chi connectivity index (χ3v) is 3.59. The van der Waals surface area contributed by atoms with Crippen LogP contribution in [0.15, 0.2) is 12.1 Å². The van der Waals surface area contributed by atoms with Gasteiger partial charge in [0.25, 0.3) is 5.91 Å². The highest BCUT2D eigenvalue weighted by atomic mass is 35.5. The molecule has 1 amide bonds. The quantitative estimate of drug-likeness (QED) is 0.808.